The van der Waals surface area contributed by atoms with E-state index < -0.39 is 6.10 Å². The molecule has 0 aliphatic carbocycles. The minimum Gasteiger partial charge on any atom is -0.388 e. The van der Waals surface area contributed by atoms with E-state index in [4.69, 9.17) is 5.73 Å². The molecule has 0 aliphatic heterocycles. The fraction of sp³-hybridized carbons (Fsp3) is 0.333. The van der Waals surface area contributed by atoms with E-state index in [0.717, 1.165) is 26.7 Å². The molecule has 2 rings (SSSR count). The molecule has 21 heavy (non-hydrogen) atoms. The summed E-state index contributed by atoms with van der Waals surface area (Å²) in [6, 6.07) is 12.2. The van der Waals surface area contributed by atoms with Crippen LogP contribution < -0.4 is 5.73 Å². The van der Waals surface area contributed by atoms with Crippen molar-refractivity contribution in [1.29, 1.82) is 0 Å². The van der Waals surface area contributed by atoms with Crippen molar-refractivity contribution >= 4 is 15.9 Å². The van der Waals surface area contributed by atoms with Gasteiger partial charge in [-0.2, -0.15) is 0 Å². The molecular weight excluding hydrogens is 326 g/mol. The van der Waals surface area contributed by atoms with Crippen LogP contribution >= 0.6 is 15.9 Å². The molecule has 0 saturated heterocycles. The second-order valence-electron chi connectivity index (χ2n) is 5.65. The quantitative estimate of drug-likeness (QED) is 0.872. The van der Waals surface area contributed by atoms with Gasteiger partial charge in [-0.3, -0.25) is 0 Å². The first-order chi connectivity index (χ1) is 9.93. The molecule has 2 atom stereocenters. The highest BCUT2D eigenvalue weighted by molar-refractivity contribution is 9.10. The molecule has 3 heteroatoms. The second kappa shape index (κ2) is 6.73. The number of hydrogen-bond acceptors (Lipinski definition) is 2. The Hall–Kier alpha value is -1.16. The predicted molar refractivity (Wildman–Crippen MR) is 91.6 cm³/mol. The van der Waals surface area contributed by atoms with Gasteiger partial charge in [0.15, 0.2) is 0 Å². The standard InChI is InChI=1S/C18H22BrNO/c1-11-7-12(2)17(13(3)8-11)18(21)16(10-20)14-5-4-6-15(19)9-14/h4-9,16,18,21H,10,20H2,1-3H3. The average Bonchev–Trinajstić information content (AvgIpc) is 2.38. The first-order valence-electron chi connectivity index (χ1n) is 7.15. The molecule has 2 unspecified atom stereocenters. The van der Waals surface area contributed by atoms with Gasteiger partial charge in [0.1, 0.15) is 0 Å². The van der Waals surface area contributed by atoms with Crippen LogP contribution in [0, 0.1) is 20.8 Å². The third kappa shape index (κ3) is 3.54. The van der Waals surface area contributed by atoms with Gasteiger partial charge >= 0.3 is 0 Å². The summed E-state index contributed by atoms with van der Waals surface area (Å²) in [7, 11) is 0. The van der Waals surface area contributed by atoms with Crippen LogP contribution in [0.1, 0.15) is 39.8 Å². The Bertz CT molecular complexity index is 616. The first-order valence-corrected chi connectivity index (χ1v) is 7.94. The fourth-order valence-corrected chi connectivity index (χ4v) is 3.46. The van der Waals surface area contributed by atoms with E-state index in [9.17, 15) is 5.11 Å². The molecule has 0 aliphatic rings. The van der Waals surface area contributed by atoms with Gasteiger partial charge < -0.3 is 10.8 Å². The van der Waals surface area contributed by atoms with Gasteiger partial charge in [0.05, 0.1) is 6.10 Å². The number of aryl methyl sites for hydroxylation is 3. The van der Waals surface area contributed by atoms with E-state index in [1.807, 2.05) is 38.1 Å². The van der Waals surface area contributed by atoms with Crippen LogP contribution in [0.3, 0.4) is 0 Å². The lowest BCUT2D eigenvalue weighted by Crippen LogP contribution is -2.21. The third-order valence-electron chi connectivity index (χ3n) is 3.95. The van der Waals surface area contributed by atoms with Crippen molar-refractivity contribution in [2.75, 3.05) is 6.54 Å². The molecule has 2 nitrogen and oxygen atoms in total. The molecular formula is C18H22BrNO. The fourth-order valence-electron chi connectivity index (χ4n) is 3.04. The summed E-state index contributed by atoms with van der Waals surface area (Å²) >= 11 is 3.48. The van der Waals surface area contributed by atoms with E-state index in [1.165, 1.54) is 5.56 Å². The van der Waals surface area contributed by atoms with E-state index in [-0.39, 0.29) is 5.92 Å². The van der Waals surface area contributed by atoms with Gasteiger partial charge in [-0.25, -0.2) is 0 Å². The Morgan fingerprint density at radius 2 is 1.71 bits per heavy atom. The van der Waals surface area contributed by atoms with Gasteiger partial charge in [-0.1, -0.05) is 45.8 Å². The van der Waals surface area contributed by atoms with Crippen LogP contribution in [0.4, 0.5) is 0 Å². The highest BCUT2D eigenvalue weighted by Gasteiger charge is 2.24. The van der Waals surface area contributed by atoms with Crippen molar-refractivity contribution in [3.63, 3.8) is 0 Å². The molecule has 0 amide bonds. The molecule has 3 N–H and O–H groups in total. The zero-order valence-electron chi connectivity index (χ0n) is 12.7. The van der Waals surface area contributed by atoms with Crippen molar-refractivity contribution in [3.8, 4) is 0 Å². The topological polar surface area (TPSA) is 46.2 Å². The summed E-state index contributed by atoms with van der Waals surface area (Å²) in [6.07, 6.45) is -0.593. The summed E-state index contributed by atoms with van der Waals surface area (Å²) in [5.74, 6) is -0.109. The number of hydrogen-bond donors (Lipinski definition) is 2. The molecule has 0 saturated carbocycles. The SMILES string of the molecule is Cc1cc(C)c(C(O)C(CN)c2cccc(Br)c2)c(C)c1. The molecule has 2 aromatic carbocycles. The highest BCUT2D eigenvalue weighted by atomic mass is 79.9. The van der Waals surface area contributed by atoms with Crippen LogP contribution in [0.15, 0.2) is 40.9 Å². The maximum atomic E-state index is 10.9. The van der Waals surface area contributed by atoms with Gasteiger partial charge in [0, 0.05) is 16.9 Å². The molecule has 0 spiro atoms. The molecule has 112 valence electrons. The Kier molecular flexibility index (Phi) is 5.20. The molecule has 0 fully saturated rings. The number of nitrogens with two attached hydrogens (primary N) is 1. The maximum Gasteiger partial charge on any atom is 0.0875 e. The van der Waals surface area contributed by atoms with Crippen molar-refractivity contribution in [3.05, 3.63) is 68.7 Å². The molecule has 2 aromatic rings. The average molecular weight is 348 g/mol. The molecule has 0 radical (unpaired) electrons. The number of aliphatic hydroxyl groups excluding tert-OH is 1. The van der Waals surface area contributed by atoms with Crippen LogP contribution in [0.5, 0.6) is 0 Å². The molecule has 0 heterocycles. The van der Waals surface area contributed by atoms with Crippen LogP contribution in [-0.2, 0) is 0 Å². The summed E-state index contributed by atoms with van der Waals surface area (Å²) < 4.78 is 1.00. The van der Waals surface area contributed by atoms with Crippen molar-refractivity contribution < 1.29 is 5.11 Å². The summed E-state index contributed by atoms with van der Waals surface area (Å²) in [5, 5.41) is 10.9. The Morgan fingerprint density at radius 1 is 1.10 bits per heavy atom. The number of halogens is 1. The lowest BCUT2D eigenvalue weighted by Gasteiger charge is -2.25. The van der Waals surface area contributed by atoms with Crippen LogP contribution in [-0.4, -0.2) is 11.7 Å². The van der Waals surface area contributed by atoms with E-state index in [2.05, 4.69) is 35.0 Å². The Labute approximate surface area is 135 Å². The van der Waals surface area contributed by atoms with E-state index in [0.29, 0.717) is 6.54 Å². The summed E-state index contributed by atoms with van der Waals surface area (Å²) in [5.41, 5.74) is 11.5. The lowest BCUT2D eigenvalue weighted by atomic mass is 9.85. The largest absolute Gasteiger partial charge is 0.388 e. The van der Waals surface area contributed by atoms with Gasteiger partial charge in [-0.15, -0.1) is 0 Å². The number of rotatable bonds is 4. The predicted octanol–water partition coefficient (Wildman–Crippen LogP) is 4.15. The van der Waals surface area contributed by atoms with E-state index in [1.54, 1.807) is 0 Å². The Morgan fingerprint density at radius 3 is 2.24 bits per heavy atom. The van der Waals surface area contributed by atoms with E-state index >= 15 is 0 Å². The molecule has 0 aromatic heterocycles. The lowest BCUT2D eigenvalue weighted by molar-refractivity contribution is 0.146. The zero-order valence-corrected chi connectivity index (χ0v) is 14.3. The zero-order chi connectivity index (χ0) is 15.6. The normalized spacial score (nSPS) is 14.0. The van der Waals surface area contributed by atoms with Crippen molar-refractivity contribution in [2.45, 2.75) is 32.8 Å². The summed E-state index contributed by atoms with van der Waals surface area (Å²) in [6.45, 7) is 6.58. The minimum absolute atomic E-state index is 0.109. The van der Waals surface area contributed by atoms with Gasteiger partial charge in [-0.05, 0) is 55.2 Å². The van der Waals surface area contributed by atoms with Gasteiger partial charge in [0.25, 0.3) is 0 Å². The van der Waals surface area contributed by atoms with Crippen LogP contribution in [0.25, 0.3) is 0 Å². The van der Waals surface area contributed by atoms with Crippen molar-refractivity contribution in [1.82, 2.24) is 0 Å². The third-order valence-corrected chi connectivity index (χ3v) is 4.44. The summed E-state index contributed by atoms with van der Waals surface area (Å²) in [4.78, 5) is 0. The van der Waals surface area contributed by atoms with Gasteiger partial charge in [0.2, 0.25) is 0 Å². The highest BCUT2D eigenvalue weighted by Crippen LogP contribution is 2.35. The second-order valence-corrected chi connectivity index (χ2v) is 6.57. The maximum absolute atomic E-state index is 10.9. The first kappa shape index (κ1) is 16.2. The Balaban J connectivity index is 2.44. The van der Waals surface area contributed by atoms with Crippen molar-refractivity contribution in [2.24, 2.45) is 5.73 Å². The minimum atomic E-state index is -0.593. The molecule has 0 bridgehead atoms. The number of aliphatic hydroxyl groups is 1. The monoisotopic (exact) mass is 347 g/mol. The smallest absolute Gasteiger partial charge is 0.0875 e. The van der Waals surface area contributed by atoms with Crippen LogP contribution in [0.2, 0.25) is 0 Å². The number of benzene rings is 2.